The Morgan fingerprint density at radius 2 is 1.90 bits per heavy atom. The quantitative estimate of drug-likeness (QED) is 0.216. The molecule has 0 aliphatic carbocycles. The van der Waals surface area contributed by atoms with Crippen molar-refractivity contribution >= 4 is 58.1 Å². The predicted molar refractivity (Wildman–Crippen MR) is 118 cm³/mol. The highest BCUT2D eigenvalue weighted by atomic mass is 35.5. The van der Waals surface area contributed by atoms with Crippen molar-refractivity contribution in [2.24, 2.45) is 4.99 Å². The number of benzene rings is 2. The third-order valence-electron chi connectivity index (χ3n) is 3.93. The first-order valence-corrected chi connectivity index (χ1v) is 9.83. The number of guanidine groups is 1. The third-order valence-corrected chi connectivity index (χ3v) is 5.12. The van der Waals surface area contributed by atoms with E-state index in [1.165, 1.54) is 0 Å². The fraction of sp³-hybridized carbons (Fsp3) is 0.105. The van der Waals surface area contributed by atoms with Crippen LogP contribution in [0.15, 0.2) is 60.1 Å². The Kier molecular flexibility index (Phi) is 7.24. The summed E-state index contributed by atoms with van der Waals surface area (Å²) in [5.41, 5.74) is 1.16. The van der Waals surface area contributed by atoms with E-state index in [4.69, 9.17) is 46.4 Å². The van der Waals surface area contributed by atoms with Gasteiger partial charge in [0.1, 0.15) is 0 Å². The highest BCUT2D eigenvalue weighted by Gasteiger charge is 2.17. The van der Waals surface area contributed by atoms with Gasteiger partial charge in [-0.05, 0) is 29.8 Å². The highest BCUT2D eigenvalue weighted by molar-refractivity contribution is 6.39. The van der Waals surface area contributed by atoms with Gasteiger partial charge in [-0.1, -0.05) is 58.5 Å². The number of aromatic nitrogens is 2. The Balaban J connectivity index is 2.01. The molecule has 148 valence electrons. The average Bonchev–Trinajstić information content (AvgIpc) is 3.17. The molecule has 0 aliphatic rings. The Morgan fingerprint density at radius 1 is 1.14 bits per heavy atom. The van der Waals surface area contributed by atoms with Gasteiger partial charge in [-0.2, -0.15) is 5.26 Å². The zero-order valence-corrected chi connectivity index (χ0v) is 17.8. The average molecular weight is 468 g/mol. The second-order valence-corrected chi connectivity index (χ2v) is 7.54. The van der Waals surface area contributed by atoms with Crippen LogP contribution in [0.2, 0.25) is 20.1 Å². The van der Waals surface area contributed by atoms with Gasteiger partial charge in [-0.3, -0.25) is 5.32 Å². The van der Waals surface area contributed by atoms with Crippen LogP contribution in [0.25, 0.3) is 0 Å². The molecule has 6 nitrogen and oxygen atoms in total. The first-order valence-electron chi connectivity index (χ1n) is 8.32. The fourth-order valence-corrected chi connectivity index (χ4v) is 3.64. The van der Waals surface area contributed by atoms with Crippen molar-refractivity contribution < 1.29 is 0 Å². The normalized spacial score (nSPS) is 12.3. The zero-order valence-electron chi connectivity index (χ0n) is 14.8. The molecule has 0 radical (unpaired) electrons. The largest absolute Gasteiger partial charge is 0.335 e. The second kappa shape index (κ2) is 9.86. The molecule has 10 heteroatoms. The summed E-state index contributed by atoms with van der Waals surface area (Å²) in [7, 11) is 0. The van der Waals surface area contributed by atoms with Crippen molar-refractivity contribution in [3.8, 4) is 6.19 Å². The van der Waals surface area contributed by atoms with Crippen LogP contribution in [0.4, 0.5) is 5.69 Å². The number of anilines is 1. The molecular weight excluding hydrogens is 454 g/mol. The van der Waals surface area contributed by atoms with E-state index in [-0.39, 0.29) is 5.96 Å². The monoisotopic (exact) mass is 466 g/mol. The lowest BCUT2D eigenvalue weighted by molar-refractivity contribution is 0.577. The maximum Gasteiger partial charge on any atom is 0.209 e. The standard InChI is InChI=1S/C19H14Cl4N6/c20-12-4-5-13(16(23)8-12)17(9-29-7-6-25-11-29)27-19(26-10-24)28-18-14(21)2-1-3-15(18)22/h1-8,11,17H,9H2,(H2,26,27,28). The molecular formula is C19H14Cl4N6. The summed E-state index contributed by atoms with van der Waals surface area (Å²) in [4.78, 5) is 8.71. The fourth-order valence-electron chi connectivity index (χ4n) is 2.62. The minimum atomic E-state index is -0.460. The van der Waals surface area contributed by atoms with E-state index in [9.17, 15) is 5.26 Å². The minimum absolute atomic E-state index is 0.165. The molecule has 3 rings (SSSR count). The zero-order chi connectivity index (χ0) is 20.8. The molecule has 2 aromatic carbocycles. The summed E-state index contributed by atoms with van der Waals surface area (Å²) < 4.78 is 1.85. The number of nitriles is 1. The molecule has 0 spiro atoms. The summed E-state index contributed by atoms with van der Waals surface area (Å²) in [5, 5.41) is 16.4. The Morgan fingerprint density at radius 3 is 2.52 bits per heavy atom. The van der Waals surface area contributed by atoms with Crippen LogP contribution in [0.5, 0.6) is 0 Å². The molecule has 1 atom stereocenters. The highest BCUT2D eigenvalue weighted by Crippen LogP contribution is 2.32. The van der Waals surface area contributed by atoms with Gasteiger partial charge in [0.25, 0.3) is 0 Å². The SMILES string of the molecule is N#CNC(=NC(Cn1ccnc1)c1ccc(Cl)cc1Cl)Nc1c(Cl)cccc1Cl. The van der Waals surface area contributed by atoms with Gasteiger partial charge in [-0.25, -0.2) is 9.98 Å². The molecule has 1 heterocycles. The van der Waals surface area contributed by atoms with E-state index in [1.54, 1.807) is 48.9 Å². The van der Waals surface area contributed by atoms with Gasteiger partial charge >= 0.3 is 0 Å². The van der Waals surface area contributed by atoms with E-state index in [2.05, 4.69) is 20.6 Å². The molecule has 0 fully saturated rings. The van der Waals surface area contributed by atoms with Crippen LogP contribution in [0.3, 0.4) is 0 Å². The van der Waals surface area contributed by atoms with Gasteiger partial charge in [0.15, 0.2) is 6.19 Å². The summed E-state index contributed by atoms with van der Waals surface area (Å²) in [5.74, 6) is 0.165. The molecule has 0 aliphatic heterocycles. The number of para-hydroxylation sites is 1. The molecule has 0 amide bonds. The number of rotatable bonds is 5. The maximum atomic E-state index is 9.18. The second-order valence-electron chi connectivity index (χ2n) is 5.88. The van der Waals surface area contributed by atoms with Crippen molar-refractivity contribution in [2.45, 2.75) is 12.6 Å². The minimum Gasteiger partial charge on any atom is -0.335 e. The van der Waals surface area contributed by atoms with Crippen molar-refractivity contribution in [1.29, 1.82) is 5.26 Å². The molecule has 3 aromatic rings. The Bertz CT molecular complexity index is 1040. The van der Waals surface area contributed by atoms with Crippen LogP contribution in [-0.2, 0) is 6.54 Å². The lowest BCUT2D eigenvalue weighted by Crippen LogP contribution is -2.28. The number of halogens is 4. The molecule has 0 saturated heterocycles. The number of hydrogen-bond donors (Lipinski definition) is 2. The Hall–Kier alpha value is -2.43. The van der Waals surface area contributed by atoms with Crippen LogP contribution in [-0.4, -0.2) is 15.5 Å². The number of imidazole rings is 1. The van der Waals surface area contributed by atoms with Gasteiger partial charge in [0.2, 0.25) is 5.96 Å². The van der Waals surface area contributed by atoms with Crippen LogP contribution in [0.1, 0.15) is 11.6 Å². The van der Waals surface area contributed by atoms with Gasteiger partial charge in [-0.15, -0.1) is 0 Å². The van der Waals surface area contributed by atoms with Crippen LogP contribution in [0, 0.1) is 11.5 Å². The molecule has 0 saturated carbocycles. The van der Waals surface area contributed by atoms with Crippen molar-refractivity contribution in [3.63, 3.8) is 0 Å². The van der Waals surface area contributed by atoms with Crippen molar-refractivity contribution in [1.82, 2.24) is 14.9 Å². The number of hydrogen-bond acceptors (Lipinski definition) is 3. The first kappa shape index (κ1) is 21.3. The van der Waals surface area contributed by atoms with Gasteiger partial charge in [0, 0.05) is 22.4 Å². The third kappa shape index (κ3) is 5.55. The van der Waals surface area contributed by atoms with E-state index in [1.807, 2.05) is 17.0 Å². The topological polar surface area (TPSA) is 78.0 Å². The molecule has 29 heavy (non-hydrogen) atoms. The lowest BCUT2D eigenvalue weighted by atomic mass is 10.1. The number of nitrogens with zero attached hydrogens (tertiary/aromatic N) is 4. The van der Waals surface area contributed by atoms with Gasteiger partial charge < -0.3 is 9.88 Å². The lowest BCUT2D eigenvalue weighted by Gasteiger charge is -2.18. The summed E-state index contributed by atoms with van der Waals surface area (Å²) in [6.07, 6.45) is 7.01. The predicted octanol–water partition coefficient (Wildman–Crippen LogP) is 5.78. The van der Waals surface area contributed by atoms with E-state index < -0.39 is 6.04 Å². The van der Waals surface area contributed by atoms with E-state index in [0.717, 1.165) is 5.56 Å². The molecule has 1 unspecified atom stereocenters. The summed E-state index contributed by atoms with van der Waals surface area (Å²) >= 11 is 24.9. The van der Waals surface area contributed by atoms with E-state index >= 15 is 0 Å². The first-order chi connectivity index (χ1) is 14.0. The van der Waals surface area contributed by atoms with Crippen molar-refractivity contribution in [3.05, 3.63) is 80.8 Å². The Labute approximate surface area is 187 Å². The summed E-state index contributed by atoms with van der Waals surface area (Å²) in [6.45, 7) is 0.426. The van der Waals surface area contributed by atoms with Crippen LogP contribution < -0.4 is 10.6 Å². The smallest absolute Gasteiger partial charge is 0.209 e. The molecule has 0 bridgehead atoms. The maximum absolute atomic E-state index is 9.18. The number of nitrogens with one attached hydrogen (secondary N) is 2. The molecule has 1 aromatic heterocycles. The van der Waals surface area contributed by atoms with E-state index in [0.29, 0.717) is 32.3 Å². The van der Waals surface area contributed by atoms with Gasteiger partial charge in [0.05, 0.1) is 34.6 Å². The van der Waals surface area contributed by atoms with Crippen molar-refractivity contribution in [2.75, 3.05) is 5.32 Å². The number of aliphatic imine (C=N–C) groups is 1. The van der Waals surface area contributed by atoms with Crippen LogP contribution >= 0.6 is 46.4 Å². The molecule has 2 N–H and O–H groups in total. The summed E-state index contributed by atoms with van der Waals surface area (Å²) in [6, 6.07) is 9.79.